The van der Waals surface area contributed by atoms with Gasteiger partial charge in [0.15, 0.2) is 0 Å². The molecule has 9 heteroatoms. The number of rotatable bonds is 5. The molecule has 9 nitrogen and oxygen atoms in total. The van der Waals surface area contributed by atoms with Gasteiger partial charge in [0.1, 0.15) is 11.8 Å². The third kappa shape index (κ3) is 3.14. The fourth-order valence-corrected chi connectivity index (χ4v) is 1.35. The Hall–Kier alpha value is -2.22. The molecule has 0 radical (unpaired) electrons. The van der Waals surface area contributed by atoms with E-state index in [2.05, 4.69) is 15.0 Å². The van der Waals surface area contributed by atoms with Crippen LogP contribution in [0, 0.1) is 17.0 Å². The topological polar surface area (TPSA) is 145 Å². The van der Waals surface area contributed by atoms with Crippen LogP contribution < -0.4 is 0 Å². The van der Waals surface area contributed by atoms with E-state index in [9.17, 15) is 20.3 Å². The predicted molar refractivity (Wildman–Crippen MR) is 60.6 cm³/mol. The lowest BCUT2D eigenvalue weighted by Gasteiger charge is -2.15. The molecule has 18 heavy (non-hydrogen) atoms. The molecule has 2 N–H and O–H groups in total. The summed E-state index contributed by atoms with van der Waals surface area (Å²) >= 11 is 0. The molecule has 0 bridgehead atoms. The summed E-state index contributed by atoms with van der Waals surface area (Å²) in [7, 11) is 0. The van der Waals surface area contributed by atoms with Gasteiger partial charge in [0.25, 0.3) is 5.69 Å². The van der Waals surface area contributed by atoms with Crippen LogP contribution in [0.4, 0.5) is 5.69 Å². The van der Waals surface area contributed by atoms with Gasteiger partial charge in [0, 0.05) is 11.0 Å². The van der Waals surface area contributed by atoms with Crippen molar-refractivity contribution in [3.05, 3.63) is 44.1 Å². The number of aliphatic hydroxyl groups is 2. The molecule has 0 aromatic carbocycles. The van der Waals surface area contributed by atoms with Crippen LogP contribution in [0.5, 0.6) is 0 Å². The van der Waals surface area contributed by atoms with Crippen molar-refractivity contribution >= 4 is 5.69 Å². The zero-order valence-electron chi connectivity index (χ0n) is 9.46. The lowest BCUT2D eigenvalue weighted by Crippen LogP contribution is -2.22. The van der Waals surface area contributed by atoms with Crippen molar-refractivity contribution in [3.8, 4) is 0 Å². The van der Waals surface area contributed by atoms with Crippen molar-refractivity contribution in [2.24, 2.45) is 5.11 Å². The lowest BCUT2D eigenvalue weighted by atomic mass is 10.1. The molecule has 0 aliphatic carbocycles. The summed E-state index contributed by atoms with van der Waals surface area (Å²) in [5.41, 5.74) is 8.13. The minimum absolute atomic E-state index is 0.0822. The summed E-state index contributed by atoms with van der Waals surface area (Å²) in [5.74, 6) is 0. The molecular weight excluding hydrogens is 242 g/mol. The van der Waals surface area contributed by atoms with Crippen LogP contribution >= 0.6 is 0 Å². The van der Waals surface area contributed by atoms with Crippen molar-refractivity contribution in [3.63, 3.8) is 0 Å². The molecule has 0 aliphatic rings. The third-order valence-corrected chi connectivity index (χ3v) is 2.28. The molecule has 0 saturated carbocycles. The lowest BCUT2D eigenvalue weighted by molar-refractivity contribution is -0.385. The number of aryl methyl sites for hydroxylation is 1. The van der Waals surface area contributed by atoms with Crippen LogP contribution in [0.2, 0.25) is 0 Å². The number of pyridine rings is 1. The number of nitrogens with zero attached hydrogens (tertiary/aromatic N) is 5. The minimum Gasteiger partial charge on any atom is -0.390 e. The monoisotopic (exact) mass is 253 g/mol. The second kappa shape index (κ2) is 5.92. The van der Waals surface area contributed by atoms with E-state index in [1.54, 1.807) is 0 Å². The standard InChI is InChI=1S/C9H11N5O4/c1-5-7(14(17)18)3-2-6(12-5)9(16)8(15)4-11-13-10/h2-3,8-9,15-16H,4H2,1H3. The summed E-state index contributed by atoms with van der Waals surface area (Å²) < 4.78 is 0. The highest BCUT2D eigenvalue weighted by Crippen LogP contribution is 2.21. The molecule has 1 heterocycles. The van der Waals surface area contributed by atoms with Crippen LogP contribution in [0.1, 0.15) is 17.5 Å². The van der Waals surface area contributed by atoms with Crippen molar-refractivity contribution in [1.29, 1.82) is 0 Å². The zero-order chi connectivity index (χ0) is 13.7. The van der Waals surface area contributed by atoms with Gasteiger partial charge >= 0.3 is 0 Å². The Morgan fingerprint density at radius 3 is 2.78 bits per heavy atom. The van der Waals surface area contributed by atoms with Gasteiger partial charge < -0.3 is 10.2 Å². The average molecular weight is 253 g/mol. The molecule has 2 atom stereocenters. The number of hydrogen-bond acceptors (Lipinski definition) is 6. The van der Waals surface area contributed by atoms with Crippen LogP contribution in [-0.4, -0.2) is 32.8 Å². The molecule has 0 fully saturated rings. The van der Waals surface area contributed by atoms with E-state index >= 15 is 0 Å². The molecule has 1 aromatic rings. The number of aromatic nitrogens is 1. The van der Waals surface area contributed by atoms with Gasteiger partial charge in [-0.2, -0.15) is 0 Å². The molecule has 0 spiro atoms. The Bertz CT molecular complexity index is 500. The molecule has 0 saturated heterocycles. The van der Waals surface area contributed by atoms with Crippen molar-refractivity contribution in [2.45, 2.75) is 19.1 Å². The van der Waals surface area contributed by atoms with Crippen LogP contribution in [0.3, 0.4) is 0 Å². The van der Waals surface area contributed by atoms with E-state index in [0.717, 1.165) is 0 Å². The summed E-state index contributed by atoms with van der Waals surface area (Å²) in [5, 5.41) is 32.9. The second-order valence-electron chi connectivity index (χ2n) is 3.52. The van der Waals surface area contributed by atoms with Gasteiger partial charge in [-0.3, -0.25) is 10.1 Å². The summed E-state index contributed by atoms with van der Waals surface area (Å²) in [4.78, 5) is 16.3. The van der Waals surface area contributed by atoms with E-state index in [0.29, 0.717) is 0 Å². The normalized spacial score (nSPS) is 13.5. The van der Waals surface area contributed by atoms with Crippen LogP contribution in [0.15, 0.2) is 17.2 Å². The van der Waals surface area contributed by atoms with E-state index < -0.39 is 17.1 Å². The Balaban J connectivity index is 2.93. The first-order valence-corrected chi connectivity index (χ1v) is 4.96. The van der Waals surface area contributed by atoms with Gasteiger partial charge in [-0.25, -0.2) is 4.98 Å². The van der Waals surface area contributed by atoms with Gasteiger partial charge in [0.2, 0.25) is 0 Å². The number of aliphatic hydroxyl groups excluding tert-OH is 2. The van der Waals surface area contributed by atoms with Crippen LogP contribution in [-0.2, 0) is 0 Å². The molecular formula is C9H11N5O4. The summed E-state index contributed by atoms with van der Waals surface area (Å²) in [6.45, 7) is 1.11. The quantitative estimate of drug-likeness (QED) is 0.264. The average Bonchev–Trinajstić information content (AvgIpc) is 2.34. The Kier molecular flexibility index (Phi) is 4.55. The number of azide groups is 1. The predicted octanol–water partition coefficient (Wildman–Crippen LogP) is 1.00. The van der Waals surface area contributed by atoms with Crippen molar-refractivity contribution in [1.82, 2.24) is 4.98 Å². The van der Waals surface area contributed by atoms with Crippen molar-refractivity contribution < 1.29 is 15.1 Å². The smallest absolute Gasteiger partial charge is 0.290 e. The Morgan fingerprint density at radius 1 is 1.61 bits per heavy atom. The van der Waals surface area contributed by atoms with Gasteiger partial charge in [-0.15, -0.1) is 0 Å². The van der Waals surface area contributed by atoms with Gasteiger partial charge in [-0.1, -0.05) is 5.11 Å². The molecule has 1 aromatic heterocycles. The molecule has 0 amide bonds. The maximum atomic E-state index is 10.6. The first kappa shape index (κ1) is 13.8. The Morgan fingerprint density at radius 2 is 2.28 bits per heavy atom. The minimum atomic E-state index is -1.37. The fraction of sp³-hybridized carbons (Fsp3) is 0.444. The highest BCUT2D eigenvalue weighted by atomic mass is 16.6. The van der Waals surface area contributed by atoms with Crippen molar-refractivity contribution in [2.75, 3.05) is 6.54 Å². The SMILES string of the molecule is Cc1nc(C(O)C(O)CN=[N+]=[N-])ccc1[N+](=O)[O-]. The molecule has 96 valence electrons. The maximum absolute atomic E-state index is 10.6. The van der Waals surface area contributed by atoms with E-state index in [1.807, 2.05) is 0 Å². The number of nitro groups is 1. The first-order valence-electron chi connectivity index (χ1n) is 4.96. The number of hydrogen-bond donors (Lipinski definition) is 2. The van der Waals surface area contributed by atoms with E-state index in [-0.39, 0.29) is 23.6 Å². The highest BCUT2D eigenvalue weighted by molar-refractivity contribution is 5.35. The summed E-state index contributed by atoms with van der Waals surface area (Å²) in [6, 6.07) is 2.44. The largest absolute Gasteiger partial charge is 0.390 e. The first-order chi connectivity index (χ1) is 8.47. The fourth-order valence-electron chi connectivity index (χ4n) is 1.35. The third-order valence-electron chi connectivity index (χ3n) is 2.28. The van der Waals surface area contributed by atoms with Crippen LogP contribution in [0.25, 0.3) is 10.4 Å². The second-order valence-corrected chi connectivity index (χ2v) is 3.52. The molecule has 0 aliphatic heterocycles. The summed E-state index contributed by atoms with van der Waals surface area (Å²) in [6.07, 6.45) is -2.68. The zero-order valence-corrected chi connectivity index (χ0v) is 9.46. The van der Waals surface area contributed by atoms with Gasteiger partial charge in [-0.05, 0) is 18.5 Å². The molecule has 1 rings (SSSR count). The van der Waals surface area contributed by atoms with Gasteiger partial charge in [0.05, 0.1) is 23.3 Å². The van der Waals surface area contributed by atoms with E-state index in [4.69, 9.17) is 5.53 Å². The highest BCUT2D eigenvalue weighted by Gasteiger charge is 2.21. The molecule has 2 unspecified atom stereocenters. The Labute approximate surface area is 101 Å². The maximum Gasteiger partial charge on any atom is 0.290 e. The van der Waals surface area contributed by atoms with E-state index in [1.165, 1.54) is 19.1 Å².